The summed E-state index contributed by atoms with van der Waals surface area (Å²) in [5, 5.41) is 0. The van der Waals surface area contributed by atoms with Gasteiger partial charge in [0.2, 0.25) is 0 Å². The summed E-state index contributed by atoms with van der Waals surface area (Å²) in [7, 11) is 0. The second-order valence-electron chi connectivity index (χ2n) is 5.67. The minimum atomic E-state index is -0.301. The number of rotatable bonds is 13. The fourth-order valence-corrected chi connectivity index (χ4v) is 2.55. The molecule has 0 rings (SSSR count). The number of carbonyl (C=O) groups excluding carboxylic acids is 1. The summed E-state index contributed by atoms with van der Waals surface area (Å²) in [6.07, 6.45) is 8.69. The van der Waals surface area contributed by atoms with Gasteiger partial charge in [0.1, 0.15) is 13.2 Å². The number of quaternary nitrogens is 1. The van der Waals surface area contributed by atoms with E-state index in [-0.39, 0.29) is 18.4 Å². The van der Waals surface area contributed by atoms with Crippen LogP contribution in [0.2, 0.25) is 0 Å². The van der Waals surface area contributed by atoms with E-state index < -0.39 is 0 Å². The van der Waals surface area contributed by atoms with Crippen LogP contribution < -0.4 is 12.4 Å². The van der Waals surface area contributed by atoms with Crippen molar-refractivity contribution in [3.8, 4) is 0 Å². The Morgan fingerprint density at radius 3 is 1.71 bits per heavy atom. The number of halogens is 1. The fraction of sp³-hybridized carbons (Fsp3) is 0.824. The highest BCUT2D eigenvalue weighted by Crippen LogP contribution is 2.14. The minimum absolute atomic E-state index is 0. The Bertz CT molecular complexity index is 248. The molecule has 0 bridgehead atoms. The molecule has 0 aromatic carbocycles. The second kappa shape index (κ2) is 14.4. The zero-order chi connectivity index (χ0) is 15.3. The summed E-state index contributed by atoms with van der Waals surface area (Å²) in [6.45, 7) is 15.3. The number of carbonyl (C=O) groups is 1. The SMILES string of the molecule is C=CC(=O)OCC[N+](CCCC)(CCCC)CCCC.[Cl-]. The molecule has 0 aliphatic carbocycles. The molecule has 0 aromatic rings. The van der Waals surface area contributed by atoms with Crippen LogP contribution in [-0.4, -0.2) is 43.2 Å². The van der Waals surface area contributed by atoms with Gasteiger partial charge in [0.25, 0.3) is 0 Å². The summed E-state index contributed by atoms with van der Waals surface area (Å²) in [6, 6.07) is 0. The average Bonchev–Trinajstić information content (AvgIpc) is 2.48. The van der Waals surface area contributed by atoms with Gasteiger partial charge in [-0.05, 0) is 19.3 Å². The second-order valence-corrected chi connectivity index (χ2v) is 5.67. The molecule has 0 radical (unpaired) electrons. The summed E-state index contributed by atoms with van der Waals surface area (Å²) in [5.41, 5.74) is 0. The van der Waals surface area contributed by atoms with Crippen LogP contribution in [-0.2, 0) is 9.53 Å². The molecule has 0 atom stereocenters. The number of hydrogen-bond acceptors (Lipinski definition) is 2. The lowest BCUT2D eigenvalue weighted by molar-refractivity contribution is -0.929. The quantitative estimate of drug-likeness (QED) is 0.287. The van der Waals surface area contributed by atoms with Crippen molar-refractivity contribution in [3.63, 3.8) is 0 Å². The first-order valence-electron chi connectivity index (χ1n) is 8.28. The van der Waals surface area contributed by atoms with Gasteiger partial charge >= 0.3 is 5.97 Å². The van der Waals surface area contributed by atoms with Gasteiger partial charge in [0, 0.05) is 6.08 Å². The Morgan fingerprint density at radius 1 is 0.952 bits per heavy atom. The van der Waals surface area contributed by atoms with E-state index in [4.69, 9.17) is 4.74 Å². The third-order valence-electron chi connectivity index (χ3n) is 3.93. The third-order valence-corrected chi connectivity index (χ3v) is 3.93. The van der Waals surface area contributed by atoms with E-state index >= 15 is 0 Å². The zero-order valence-electron chi connectivity index (χ0n) is 14.2. The molecule has 0 heterocycles. The maximum absolute atomic E-state index is 11.2. The molecule has 126 valence electrons. The molecule has 0 unspecified atom stereocenters. The average molecular weight is 320 g/mol. The highest BCUT2D eigenvalue weighted by atomic mass is 35.5. The highest BCUT2D eigenvalue weighted by molar-refractivity contribution is 5.81. The molecule has 0 saturated heterocycles. The van der Waals surface area contributed by atoms with Gasteiger partial charge in [0.05, 0.1) is 19.6 Å². The fourth-order valence-electron chi connectivity index (χ4n) is 2.55. The van der Waals surface area contributed by atoms with E-state index in [1.54, 1.807) is 0 Å². The van der Waals surface area contributed by atoms with Crippen LogP contribution in [0.4, 0.5) is 0 Å². The molecule has 0 N–H and O–H groups in total. The molecular formula is C17H34ClNO2. The Labute approximate surface area is 137 Å². The molecule has 0 spiro atoms. The lowest BCUT2D eigenvalue weighted by atomic mass is 10.1. The lowest BCUT2D eigenvalue weighted by Gasteiger charge is -2.39. The Morgan fingerprint density at radius 2 is 1.38 bits per heavy atom. The predicted octanol–water partition coefficient (Wildman–Crippen LogP) is 0.937. The smallest absolute Gasteiger partial charge is 0.330 e. The minimum Gasteiger partial charge on any atom is -1.00 e. The van der Waals surface area contributed by atoms with Crippen LogP contribution in [0.3, 0.4) is 0 Å². The van der Waals surface area contributed by atoms with Gasteiger partial charge in [-0.3, -0.25) is 0 Å². The first kappa shape index (κ1) is 22.7. The molecule has 0 aliphatic heterocycles. The molecule has 0 saturated carbocycles. The number of unbranched alkanes of at least 4 members (excludes halogenated alkanes) is 3. The molecular weight excluding hydrogens is 286 g/mol. The molecule has 0 fully saturated rings. The van der Waals surface area contributed by atoms with Crippen molar-refractivity contribution >= 4 is 5.97 Å². The standard InChI is InChI=1S/C17H34NO2.ClH/c1-5-9-12-18(13-10-6-2,14-11-7-3)15-16-20-17(19)8-4;/h8H,4-7,9-16H2,1-3H3;1H/q+1;/p-1. The van der Waals surface area contributed by atoms with Crippen molar-refractivity contribution in [2.24, 2.45) is 0 Å². The topological polar surface area (TPSA) is 26.3 Å². The van der Waals surface area contributed by atoms with Gasteiger partial charge in [-0.2, -0.15) is 0 Å². The predicted molar refractivity (Wildman–Crippen MR) is 85.6 cm³/mol. The maximum atomic E-state index is 11.2. The number of esters is 1. The summed E-state index contributed by atoms with van der Waals surface area (Å²) in [5.74, 6) is -0.301. The largest absolute Gasteiger partial charge is 1.00 e. The van der Waals surface area contributed by atoms with E-state index in [0.29, 0.717) is 6.61 Å². The monoisotopic (exact) mass is 319 g/mol. The third kappa shape index (κ3) is 10.8. The normalized spacial score (nSPS) is 10.8. The van der Waals surface area contributed by atoms with E-state index in [1.807, 2.05) is 0 Å². The number of ether oxygens (including phenoxy) is 1. The van der Waals surface area contributed by atoms with E-state index in [1.165, 1.54) is 64.2 Å². The van der Waals surface area contributed by atoms with Crippen molar-refractivity contribution in [2.75, 3.05) is 32.8 Å². The van der Waals surface area contributed by atoms with Gasteiger partial charge in [-0.15, -0.1) is 0 Å². The van der Waals surface area contributed by atoms with Crippen LogP contribution in [0.5, 0.6) is 0 Å². The van der Waals surface area contributed by atoms with Crippen LogP contribution in [0.15, 0.2) is 12.7 Å². The van der Waals surface area contributed by atoms with Crippen molar-refractivity contribution in [1.82, 2.24) is 0 Å². The van der Waals surface area contributed by atoms with E-state index in [9.17, 15) is 4.79 Å². The highest BCUT2D eigenvalue weighted by Gasteiger charge is 2.25. The van der Waals surface area contributed by atoms with Crippen LogP contribution >= 0.6 is 0 Å². The zero-order valence-corrected chi connectivity index (χ0v) is 15.0. The molecule has 0 aromatic heterocycles. The number of hydrogen-bond donors (Lipinski definition) is 0. The van der Waals surface area contributed by atoms with Gasteiger partial charge < -0.3 is 21.6 Å². The van der Waals surface area contributed by atoms with Crippen molar-refractivity contribution in [3.05, 3.63) is 12.7 Å². The van der Waals surface area contributed by atoms with Crippen LogP contribution in [0.25, 0.3) is 0 Å². The number of nitrogens with zero attached hydrogens (tertiary/aromatic N) is 1. The molecule has 3 nitrogen and oxygen atoms in total. The Kier molecular flexibility index (Phi) is 15.6. The summed E-state index contributed by atoms with van der Waals surface area (Å²) < 4.78 is 6.33. The first-order chi connectivity index (χ1) is 9.64. The van der Waals surface area contributed by atoms with E-state index in [0.717, 1.165) is 11.0 Å². The Hall–Kier alpha value is -0.540. The van der Waals surface area contributed by atoms with Gasteiger partial charge in [-0.25, -0.2) is 4.79 Å². The van der Waals surface area contributed by atoms with Crippen molar-refractivity contribution < 1.29 is 26.4 Å². The molecule has 0 amide bonds. The summed E-state index contributed by atoms with van der Waals surface area (Å²) >= 11 is 0. The van der Waals surface area contributed by atoms with E-state index in [2.05, 4.69) is 27.4 Å². The van der Waals surface area contributed by atoms with Crippen LogP contribution in [0.1, 0.15) is 59.3 Å². The van der Waals surface area contributed by atoms with Crippen molar-refractivity contribution in [2.45, 2.75) is 59.3 Å². The van der Waals surface area contributed by atoms with Crippen LogP contribution in [0, 0.1) is 0 Å². The van der Waals surface area contributed by atoms with Gasteiger partial charge in [0.15, 0.2) is 0 Å². The molecule has 4 heteroatoms. The van der Waals surface area contributed by atoms with Gasteiger partial charge in [-0.1, -0.05) is 46.6 Å². The Balaban J connectivity index is 0. The molecule has 21 heavy (non-hydrogen) atoms. The molecule has 0 aliphatic rings. The lowest BCUT2D eigenvalue weighted by Crippen LogP contribution is -3.00. The first-order valence-corrected chi connectivity index (χ1v) is 8.28. The van der Waals surface area contributed by atoms with Crippen molar-refractivity contribution in [1.29, 1.82) is 0 Å². The summed E-state index contributed by atoms with van der Waals surface area (Å²) in [4.78, 5) is 11.2. The maximum Gasteiger partial charge on any atom is 0.330 e.